The number of carbonyl (C=O) groups is 6. The van der Waals surface area contributed by atoms with Gasteiger partial charge >= 0.3 is 12.1 Å². The number of aliphatic hydroxyl groups excluding tert-OH is 1. The smallest absolute Gasteiger partial charge is 0.407 e. The molecular weight excluding hydrogens is 1530 g/mol. The predicted molar refractivity (Wildman–Crippen MR) is 447 cm³/mol. The van der Waals surface area contributed by atoms with Crippen molar-refractivity contribution in [3.63, 3.8) is 0 Å². The molecule has 6 N–H and O–H groups in total. The number of methoxy groups -OCH3 is 1. The van der Waals surface area contributed by atoms with E-state index < -0.39 is 48.1 Å². The largest absolute Gasteiger partial charge is 0.461 e. The number of amides is 3. The number of Topliss-reactive ketones (excluding diaryl/α,β-unsaturated/α-hetero) is 2. The number of hydrogen-bond acceptors (Lipinski definition) is 26. The van der Waals surface area contributed by atoms with Crippen molar-refractivity contribution in [2.24, 2.45) is 23.7 Å². The maximum absolute atomic E-state index is 14.4. The molecule has 1 saturated carbocycles. The number of hydrogen-bond donors (Lipinski definition) is 4. The first-order valence-electron chi connectivity index (χ1n) is 43.0. The molecule has 5 aromatic rings. The normalized spacial score (nSPS) is 25.2. The van der Waals surface area contributed by atoms with Crippen molar-refractivity contribution in [1.82, 2.24) is 39.8 Å². The van der Waals surface area contributed by atoms with E-state index in [0.29, 0.717) is 242 Å². The number of nitrogens with one attached hydrogen (secondary N) is 1. The van der Waals surface area contributed by atoms with Crippen LogP contribution in [0.15, 0.2) is 94.7 Å². The summed E-state index contributed by atoms with van der Waals surface area (Å²) in [5, 5.41) is 19.6. The number of ether oxygens (including phenoxy) is 12. The summed E-state index contributed by atoms with van der Waals surface area (Å²) < 4.78 is 76.8. The average Bonchev–Trinajstić information content (AvgIpc) is 1.02. The van der Waals surface area contributed by atoms with Gasteiger partial charge in [-0.15, -0.1) is 0 Å². The lowest BCUT2D eigenvalue weighted by Crippen LogP contribution is -2.54. The number of nitrogen functional groups attached to an aromatic ring is 2. The molecule has 30 nitrogen and oxygen atoms in total. The molecule has 2 unspecified atom stereocenters. The molecule has 30 heteroatoms. The molecular formula is C89H128N10O20. The van der Waals surface area contributed by atoms with Gasteiger partial charge in [0.05, 0.1) is 142 Å². The Morgan fingerprint density at radius 1 is 0.681 bits per heavy atom. The van der Waals surface area contributed by atoms with Gasteiger partial charge in [0.15, 0.2) is 11.2 Å². The number of oxazole rings is 1. The summed E-state index contributed by atoms with van der Waals surface area (Å²) in [6.45, 7) is 18.3. The third kappa shape index (κ3) is 30.0. The standard InChI is InChI=1S/C89H128N10O20/c1-60-13-8-7-9-14-62(3)79(107-6)55-72-15-12-17-78(116-72)83(103)86(104)98-33-11-10-16-74(98)87(105)117-70(25-18-61(2)52-64(5)76(101)56-75(100)63(4)51-60)26-20-65-21-27-71(28-22-65)118-89(106)92-32-36-109-38-40-111-42-44-113-46-48-115-50-49-114-47-45-112-43-41-110-39-37-108-35-31-80(102)97-34-30-67-53-66(19-23-69(67)58-97)57-99-85-81(84(90)93-59-94-85)82(96-99)68-24-29-77-73(54-68)95-88(91)119-77/h7-9,13-14,19,23-24,29,52-54,59-61,63,65,70-72,74,76,78-79,101H,10-12,15-18,20-22,25-28,30-51,55-58H2,1-6H3,(H2,91,95)(H,92,106)(H2,90,93,94)/b9-7+,13-8+,62-14+,64-52+/t60-,61+,63-,65-,70+,71-,72?,74+,76+,78?,79+/m1/s1. The summed E-state index contributed by atoms with van der Waals surface area (Å²) >= 11 is 0. The lowest BCUT2D eigenvalue weighted by Gasteiger charge is -2.36. The van der Waals surface area contributed by atoms with E-state index in [9.17, 15) is 33.9 Å². The lowest BCUT2D eigenvalue weighted by atomic mass is 9.83. The minimum absolute atomic E-state index is 0.00717. The summed E-state index contributed by atoms with van der Waals surface area (Å²) in [7, 11) is 1.65. The van der Waals surface area contributed by atoms with Crippen LogP contribution in [0.2, 0.25) is 0 Å². The van der Waals surface area contributed by atoms with E-state index in [1.807, 2.05) is 72.9 Å². The molecule has 2 aromatic carbocycles. The molecule has 10 rings (SSSR count). The van der Waals surface area contributed by atoms with Crippen LogP contribution in [0.3, 0.4) is 0 Å². The van der Waals surface area contributed by atoms with Gasteiger partial charge in [-0.25, -0.2) is 24.2 Å². The molecule has 9 atom stereocenters. The van der Waals surface area contributed by atoms with E-state index in [-0.39, 0.29) is 79.7 Å². The van der Waals surface area contributed by atoms with Crippen LogP contribution < -0.4 is 16.8 Å². The Morgan fingerprint density at radius 2 is 1.37 bits per heavy atom. The number of fused-ring (bicyclic) bond motifs is 6. The zero-order valence-electron chi connectivity index (χ0n) is 70.6. The third-order valence-electron chi connectivity index (χ3n) is 22.9. The number of aromatic nitrogens is 5. The Kier molecular flexibility index (Phi) is 38.6. The van der Waals surface area contributed by atoms with Crippen molar-refractivity contribution in [2.45, 2.75) is 212 Å². The Hall–Kier alpha value is -8.40. The molecule has 1 aliphatic carbocycles. The second-order valence-corrected chi connectivity index (χ2v) is 32.1. The highest BCUT2D eigenvalue weighted by molar-refractivity contribution is 6.38. The van der Waals surface area contributed by atoms with E-state index in [1.54, 1.807) is 13.2 Å². The number of rotatable bonds is 35. The Morgan fingerprint density at radius 3 is 2.07 bits per heavy atom. The van der Waals surface area contributed by atoms with Crippen molar-refractivity contribution in [1.29, 1.82) is 0 Å². The molecule has 654 valence electrons. The van der Waals surface area contributed by atoms with Gasteiger partial charge in [-0.2, -0.15) is 10.1 Å². The van der Waals surface area contributed by atoms with Crippen LogP contribution in [0, 0.1) is 23.7 Å². The minimum atomic E-state index is -0.920. The fourth-order valence-electron chi connectivity index (χ4n) is 16.1. The number of benzene rings is 2. The minimum Gasteiger partial charge on any atom is -0.461 e. The summed E-state index contributed by atoms with van der Waals surface area (Å²) in [5.41, 5.74) is 20.4. The van der Waals surface area contributed by atoms with Gasteiger partial charge in [0.2, 0.25) is 11.7 Å². The van der Waals surface area contributed by atoms with E-state index in [0.717, 1.165) is 59.9 Å². The average molecular weight is 1660 g/mol. The van der Waals surface area contributed by atoms with E-state index in [1.165, 1.54) is 16.8 Å². The first-order valence-corrected chi connectivity index (χ1v) is 43.0. The number of allylic oxidation sites excluding steroid dienone is 6. The molecule has 4 aliphatic heterocycles. The van der Waals surface area contributed by atoms with E-state index in [4.69, 9.17) is 77.8 Å². The highest BCUT2D eigenvalue weighted by Gasteiger charge is 2.42. The fraction of sp³-hybridized carbons (Fsp3) is 0.640. The van der Waals surface area contributed by atoms with Crippen molar-refractivity contribution < 1.29 is 95.1 Å². The second-order valence-electron chi connectivity index (χ2n) is 32.1. The quantitative estimate of drug-likeness (QED) is 0.0127. The summed E-state index contributed by atoms with van der Waals surface area (Å²) in [6.07, 6.45) is 21.2. The molecule has 7 heterocycles. The third-order valence-corrected chi connectivity index (χ3v) is 22.9. The number of nitrogens with zero attached hydrogens (tertiary/aromatic N) is 7. The number of esters is 1. The highest BCUT2D eigenvalue weighted by Crippen LogP contribution is 2.36. The van der Waals surface area contributed by atoms with Crippen molar-refractivity contribution >= 4 is 69.4 Å². The van der Waals surface area contributed by atoms with Crippen LogP contribution in [0.1, 0.15) is 167 Å². The molecule has 3 fully saturated rings. The van der Waals surface area contributed by atoms with Crippen LogP contribution in [0.5, 0.6) is 0 Å². The monoisotopic (exact) mass is 1660 g/mol. The topological polar surface area (TPSA) is 374 Å². The number of anilines is 2. The van der Waals surface area contributed by atoms with Crippen molar-refractivity contribution in [2.75, 3.05) is 144 Å². The number of ketones is 2. The summed E-state index contributed by atoms with van der Waals surface area (Å²) in [4.78, 5) is 98.4. The SMILES string of the molecule is CO[C@H]1CC2CCCC(O2)C(=O)C(=O)N2CCCC[C@H]2C(=O)O[C@H](CC[C@H]2CC[C@H](OC(=O)NCCOCCOCCOCCOCCOCCOCCOCCOCCC(=O)N3CCc4cc(Cn5nc(-c6ccc7oc(N)nc7c6)c6c(N)ncnc65)ccc4C3)CC2)CC[C@H](C)/C=C(\C)[C@@H](O)CC(=O)[C@H](C)C[C@H](C)/C=C/C=C/C=C/1C. The number of piperidine rings is 1. The lowest BCUT2D eigenvalue weighted by molar-refractivity contribution is -0.167. The van der Waals surface area contributed by atoms with Gasteiger partial charge in [0, 0.05) is 57.6 Å². The zero-order valence-corrected chi connectivity index (χ0v) is 70.6. The number of aliphatic hydroxyl groups is 1. The Balaban J connectivity index is 0.515. The van der Waals surface area contributed by atoms with Crippen molar-refractivity contribution in [3.05, 3.63) is 107 Å². The van der Waals surface area contributed by atoms with Crippen molar-refractivity contribution in [3.8, 4) is 11.3 Å². The van der Waals surface area contributed by atoms with Crippen LogP contribution in [-0.2, 0) is 100 Å². The summed E-state index contributed by atoms with van der Waals surface area (Å²) in [6, 6.07) is 11.0. The van der Waals surface area contributed by atoms with Crippen LogP contribution in [0.4, 0.5) is 16.6 Å². The molecule has 5 aliphatic rings. The molecule has 3 amide bonds. The maximum Gasteiger partial charge on any atom is 0.407 e. The number of carbonyl (C=O) groups excluding carboxylic acids is 6. The van der Waals surface area contributed by atoms with Gasteiger partial charge < -0.3 is 92.9 Å². The molecule has 2 bridgehead atoms. The molecule has 3 aromatic heterocycles. The first kappa shape index (κ1) is 92.9. The fourth-order valence-corrected chi connectivity index (χ4v) is 16.1. The van der Waals surface area contributed by atoms with Gasteiger partial charge in [-0.3, -0.25) is 19.2 Å². The first-order chi connectivity index (χ1) is 57.8. The molecule has 0 radical (unpaired) electrons. The highest BCUT2D eigenvalue weighted by atomic mass is 16.6. The van der Waals surface area contributed by atoms with E-state index in [2.05, 4.69) is 58.4 Å². The Labute approximate surface area is 699 Å². The van der Waals surface area contributed by atoms with E-state index >= 15 is 0 Å². The molecule has 0 spiro atoms. The van der Waals surface area contributed by atoms with Crippen LogP contribution >= 0.6 is 0 Å². The van der Waals surface area contributed by atoms with Gasteiger partial charge in [0.25, 0.3) is 11.9 Å². The van der Waals surface area contributed by atoms with Gasteiger partial charge in [-0.1, -0.05) is 75.4 Å². The van der Waals surface area contributed by atoms with Gasteiger partial charge in [-0.05, 0) is 180 Å². The Bertz CT molecular complexity index is 4150. The molecule has 2 saturated heterocycles. The second kappa shape index (κ2) is 49.5. The zero-order chi connectivity index (χ0) is 84.3. The van der Waals surface area contributed by atoms with Crippen LogP contribution in [0.25, 0.3) is 33.4 Å². The summed E-state index contributed by atoms with van der Waals surface area (Å²) in [5.74, 6) is -1.25. The molecule has 119 heavy (non-hydrogen) atoms. The van der Waals surface area contributed by atoms with Crippen LogP contribution in [-0.4, -0.2) is 250 Å². The number of alkyl carbamates (subject to hydrolysis) is 1. The number of nitrogens with two attached hydrogens (primary N) is 2. The maximum atomic E-state index is 14.4. The predicted octanol–water partition coefficient (Wildman–Crippen LogP) is 10.9. The number of cyclic esters (lactones) is 1. The van der Waals surface area contributed by atoms with Gasteiger partial charge in [0.1, 0.15) is 53.5 Å².